The largest absolute Gasteiger partial charge is 0.432 e. The SMILES string of the molecule is O=[N+]([O-])c1nc([C@H]2O[C@H](CO)[C@@H](O)[C@@H]2O)c[nH]1. The average molecular weight is 245 g/mol. The Bertz CT molecular complexity index is 421. The fourth-order valence-electron chi connectivity index (χ4n) is 1.71. The molecule has 9 heteroatoms. The molecule has 0 aliphatic carbocycles. The molecule has 0 bridgehead atoms. The molecule has 17 heavy (non-hydrogen) atoms. The van der Waals surface area contributed by atoms with Crippen LogP contribution in [0.3, 0.4) is 0 Å². The van der Waals surface area contributed by atoms with Crippen molar-refractivity contribution in [1.82, 2.24) is 9.97 Å². The molecule has 9 nitrogen and oxygen atoms in total. The van der Waals surface area contributed by atoms with Crippen LogP contribution in [0, 0.1) is 10.1 Å². The van der Waals surface area contributed by atoms with Crippen molar-refractivity contribution in [3.05, 3.63) is 22.0 Å². The van der Waals surface area contributed by atoms with E-state index >= 15 is 0 Å². The first-order valence-corrected chi connectivity index (χ1v) is 4.86. The lowest BCUT2D eigenvalue weighted by Gasteiger charge is -2.10. The number of nitrogens with one attached hydrogen (secondary N) is 1. The van der Waals surface area contributed by atoms with Crippen LogP contribution in [0.4, 0.5) is 5.95 Å². The van der Waals surface area contributed by atoms with Crippen LogP contribution in [0.5, 0.6) is 0 Å². The van der Waals surface area contributed by atoms with Crippen LogP contribution >= 0.6 is 0 Å². The van der Waals surface area contributed by atoms with Gasteiger partial charge in [0.2, 0.25) is 0 Å². The molecule has 0 saturated carbocycles. The van der Waals surface area contributed by atoms with Crippen molar-refractivity contribution in [2.45, 2.75) is 24.4 Å². The number of aliphatic hydroxyl groups excluding tert-OH is 3. The number of hydrogen-bond acceptors (Lipinski definition) is 7. The third-order valence-corrected chi connectivity index (χ3v) is 2.59. The van der Waals surface area contributed by atoms with Crippen molar-refractivity contribution < 1.29 is 25.0 Å². The lowest BCUT2D eigenvalue weighted by Crippen LogP contribution is -2.32. The predicted octanol–water partition coefficient (Wildman–Crippen LogP) is -1.53. The lowest BCUT2D eigenvalue weighted by molar-refractivity contribution is -0.393. The Morgan fingerprint density at radius 3 is 2.71 bits per heavy atom. The van der Waals surface area contributed by atoms with Crippen LogP contribution in [0.15, 0.2) is 6.20 Å². The van der Waals surface area contributed by atoms with Crippen LogP contribution in [-0.2, 0) is 4.74 Å². The number of H-pyrrole nitrogens is 1. The van der Waals surface area contributed by atoms with E-state index in [2.05, 4.69) is 9.97 Å². The molecule has 94 valence electrons. The first kappa shape index (κ1) is 11.9. The summed E-state index contributed by atoms with van der Waals surface area (Å²) in [4.78, 5) is 15.6. The van der Waals surface area contributed by atoms with E-state index in [0.29, 0.717) is 0 Å². The summed E-state index contributed by atoms with van der Waals surface area (Å²) in [5.74, 6) is -0.474. The first-order valence-electron chi connectivity index (χ1n) is 4.86. The standard InChI is InChI=1S/C8H11N3O6/c12-2-4-5(13)6(14)7(17-4)3-1-9-8(10-3)11(15)16/h1,4-7,12-14H,2H2,(H,9,10)/t4-,5-,6+,7-/m1/s1. The fourth-order valence-corrected chi connectivity index (χ4v) is 1.71. The van der Waals surface area contributed by atoms with E-state index in [1.165, 1.54) is 6.20 Å². The van der Waals surface area contributed by atoms with Crippen LogP contribution < -0.4 is 0 Å². The molecule has 2 rings (SSSR count). The van der Waals surface area contributed by atoms with Gasteiger partial charge in [-0.3, -0.25) is 0 Å². The molecule has 0 amide bonds. The minimum Gasteiger partial charge on any atom is -0.394 e. The molecular formula is C8H11N3O6. The Labute approximate surface area is 94.8 Å². The highest BCUT2D eigenvalue weighted by atomic mass is 16.6. The summed E-state index contributed by atoms with van der Waals surface area (Å²) < 4.78 is 5.16. The van der Waals surface area contributed by atoms with Crippen LogP contribution in [0.25, 0.3) is 0 Å². The topological polar surface area (TPSA) is 142 Å². The van der Waals surface area contributed by atoms with Crippen LogP contribution in [0.1, 0.15) is 11.8 Å². The number of imidazole rings is 1. The summed E-state index contributed by atoms with van der Waals surface area (Å²) in [6, 6.07) is 0. The quantitative estimate of drug-likeness (QED) is 0.374. The molecule has 1 saturated heterocycles. The Hall–Kier alpha value is -1.55. The molecule has 1 fully saturated rings. The smallest absolute Gasteiger partial charge is 0.394 e. The molecule has 1 aromatic heterocycles. The molecule has 4 atom stereocenters. The monoisotopic (exact) mass is 245 g/mol. The molecular weight excluding hydrogens is 234 g/mol. The minimum absolute atomic E-state index is 0.110. The third kappa shape index (κ3) is 2.00. The van der Waals surface area contributed by atoms with Crippen LogP contribution in [0.2, 0.25) is 0 Å². The highest BCUT2D eigenvalue weighted by Crippen LogP contribution is 2.32. The van der Waals surface area contributed by atoms with E-state index in [1.807, 2.05) is 0 Å². The van der Waals surface area contributed by atoms with Gasteiger partial charge in [0.1, 0.15) is 30.6 Å². The molecule has 1 aliphatic heterocycles. The number of aliphatic hydroxyl groups is 3. The van der Waals surface area contributed by atoms with Gasteiger partial charge in [-0.25, -0.2) is 4.98 Å². The van der Waals surface area contributed by atoms with Crippen molar-refractivity contribution in [3.8, 4) is 0 Å². The summed E-state index contributed by atoms with van der Waals surface area (Å²) >= 11 is 0. The molecule has 1 aliphatic rings. The van der Waals surface area contributed by atoms with Gasteiger partial charge in [0, 0.05) is 0 Å². The number of ether oxygens (including phenoxy) is 1. The van der Waals surface area contributed by atoms with Gasteiger partial charge in [-0.15, -0.1) is 0 Å². The van der Waals surface area contributed by atoms with E-state index in [-0.39, 0.29) is 5.69 Å². The summed E-state index contributed by atoms with van der Waals surface area (Å²) in [6.45, 7) is -0.457. The number of rotatable bonds is 3. The highest BCUT2D eigenvalue weighted by molar-refractivity contribution is 5.16. The summed E-state index contributed by atoms with van der Waals surface area (Å²) in [7, 11) is 0. The molecule has 4 N–H and O–H groups in total. The van der Waals surface area contributed by atoms with Gasteiger partial charge >= 0.3 is 5.95 Å². The van der Waals surface area contributed by atoms with Gasteiger partial charge in [-0.1, -0.05) is 4.98 Å². The van der Waals surface area contributed by atoms with Gasteiger partial charge in [0.05, 0.1) is 6.61 Å². The molecule has 0 radical (unpaired) electrons. The van der Waals surface area contributed by atoms with Crippen molar-refractivity contribution in [1.29, 1.82) is 0 Å². The zero-order valence-electron chi connectivity index (χ0n) is 8.55. The molecule has 0 spiro atoms. The number of aromatic amines is 1. The number of aromatic nitrogens is 2. The Morgan fingerprint density at radius 1 is 1.53 bits per heavy atom. The minimum atomic E-state index is -1.28. The van der Waals surface area contributed by atoms with Crippen molar-refractivity contribution in [2.24, 2.45) is 0 Å². The Morgan fingerprint density at radius 2 is 2.24 bits per heavy atom. The summed E-state index contributed by atoms with van der Waals surface area (Å²) in [6.07, 6.45) is -3.23. The predicted molar refractivity (Wildman–Crippen MR) is 52.0 cm³/mol. The Kier molecular flexibility index (Phi) is 3.07. The van der Waals surface area contributed by atoms with Crippen LogP contribution in [-0.4, -0.2) is 55.1 Å². The number of nitro groups is 1. The molecule has 2 heterocycles. The lowest BCUT2D eigenvalue weighted by atomic mass is 10.1. The Balaban J connectivity index is 2.19. The summed E-state index contributed by atoms with van der Waals surface area (Å²) in [5, 5.41) is 38.4. The second-order valence-electron chi connectivity index (χ2n) is 3.66. The van der Waals surface area contributed by atoms with E-state index in [4.69, 9.17) is 9.84 Å². The van der Waals surface area contributed by atoms with Crippen molar-refractivity contribution in [2.75, 3.05) is 6.61 Å². The number of nitrogens with zero attached hydrogens (tertiary/aromatic N) is 2. The number of hydrogen-bond donors (Lipinski definition) is 4. The second kappa shape index (κ2) is 4.37. The van der Waals surface area contributed by atoms with Gasteiger partial charge in [-0.05, 0) is 4.92 Å². The molecule has 1 aromatic rings. The van der Waals surface area contributed by atoms with E-state index in [1.54, 1.807) is 0 Å². The fraction of sp³-hybridized carbons (Fsp3) is 0.625. The van der Waals surface area contributed by atoms with Gasteiger partial charge < -0.3 is 30.2 Å². The first-order chi connectivity index (χ1) is 8.04. The zero-order valence-corrected chi connectivity index (χ0v) is 8.55. The second-order valence-corrected chi connectivity index (χ2v) is 3.66. The highest BCUT2D eigenvalue weighted by Gasteiger charge is 2.45. The van der Waals surface area contributed by atoms with E-state index in [9.17, 15) is 20.3 Å². The van der Waals surface area contributed by atoms with Gasteiger partial charge in [-0.2, -0.15) is 0 Å². The maximum atomic E-state index is 10.4. The van der Waals surface area contributed by atoms with Gasteiger partial charge in [0.25, 0.3) is 0 Å². The van der Waals surface area contributed by atoms with E-state index < -0.39 is 41.9 Å². The maximum absolute atomic E-state index is 10.4. The zero-order chi connectivity index (χ0) is 12.6. The average Bonchev–Trinajstić information content (AvgIpc) is 2.87. The van der Waals surface area contributed by atoms with Crippen molar-refractivity contribution in [3.63, 3.8) is 0 Å². The molecule has 0 aromatic carbocycles. The molecule has 0 unspecified atom stereocenters. The van der Waals surface area contributed by atoms with Crippen molar-refractivity contribution >= 4 is 5.95 Å². The van der Waals surface area contributed by atoms with Gasteiger partial charge in [0.15, 0.2) is 5.69 Å². The summed E-state index contributed by atoms with van der Waals surface area (Å²) in [5.41, 5.74) is 0.110. The maximum Gasteiger partial charge on any atom is 0.432 e. The third-order valence-electron chi connectivity index (χ3n) is 2.59. The normalized spacial score (nSPS) is 32.9. The van der Waals surface area contributed by atoms with E-state index in [0.717, 1.165) is 0 Å².